The lowest BCUT2D eigenvalue weighted by atomic mass is 10.4. The van der Waals surface area contributed by atoms with Gasteiger partial charge in [-0.25, -0.2) is 0 Å². The van der Waals surface area contributed by atoms with Gasteiger partial charge in [-0.2, -0.15) is 11.8 Å². The van der Waals surface area contributed by atoms with Gasteiger partial charge in [0.1, 0.15) is 0 Å². The Morgan fingerprint density at radius 3 is 2.71 bits per heavy atom. The number of unbranched alkanes of at least 4 members (excludes halogenated alkanes) is 1. The first-order valence-electron chi connectivity index (χ1n) is 6.34. The van der Waals surface area contributed by atoms with Crippen LogP contribution in [0.3, 0.4) is 0 Å². The van der Waals surface area contributed by atoms with Crippen LogP contribution in [0.2, 0.25) is 0 Å². The van der Waals surface area contributed by atoms with Gasteiger partial charge in [0.2, 0.25) is 0 Å². The Bertz CT molecular complexity index is 150. The van der Waals surface area contributed by atoms with Crippen molar-refractivity contribution in [2.75, 3.05) is 51.5 Å². The number of hydrogen-bond acceptors (Lipinski definition) is 5. The van der Waals surface area contributed by atoms with E-state index in [4.69, 9.17) is 9.47 Å². The standard InChI is InChI=1S/C12H27NO3S/c1-3-4-6-15-7-8-16-11-12(14)10-13-5-9-17-2/h12-14H,3-11H2,1-2H3. The van der Waals surface area contributed by atoms with Crippen LogP contribution in [0.15, 0.2) is 0 Å². The molecule has 0 saturated carbocycles. The predicted octanol–water partition coefficient (Wildman–Crippen LogP) is 1.13. The van der Waals surface area contributed by atoms with Gasteiger partial charge >= 0.3 is 0 Å². The van der Waals surface area contributed by atoms with Gasteiger partial charge in [0.15, 0.2) is 0 Å². The number of thioether (sulfide) groups is 1. The van der Waals surface area contributed by atoms with Gasteiger partial charge in [-0.15, -0.1) is 0 Å². The van der Waals surface area contributed by atoms with Crippen molar-refractivity contribution in [2.24, 2.45) is 0 Å². The number of ether oxygens (including phenoxy) is 2. The van der Waals surface area contributed by atoms with Crippen LogP contribution in [0.1, 0.15) is 19.8 Å². The molecule has 0 fully saturated rings. The predicted molar refractivity (Wildman–Crippen MR) is 73.8 cm³/mol. The van der Waals surface area contributed by atoms with E-state index in [2.05, 4.69) is 18.5 Å². The summed E-state index contributed by atoms with van der Waals surface area (Å²) in [6.45, 7) is 6.02. The normalized spacial score (nSPS) is 12.9. The molecule has 104 valence electrons. The highest BCUT2D eigenvalue weighted by molar-refractivity contribution is 7.98. The molecular weight excluding hydrogens is 238 g/mol. The molecule has 1 unspecified atom stereocenters. The van der Waals surface area contributed by atoms with E-state index in [1.165, 1.54) is 0 Å². The summed E-state index contributed by atoms with van der Waals surface area (Å²) in [6.07, 6.45) is 3.90. The Kier molecular flexibility index (Phi) is 14.4. The van der Waals surface area contributed by atoms with Crippen LogP contribution in [0, 0.1) is 0 Å². The summed E-state index contributed by atoms with van der Waals surface area (Å²) in [5, 5.41) is 12.7. The maximum Gasteiger partial charge on any atom is 0.0897 e. The maximum absolute atomic E-state index is 9.55. The summed E-state index contributed by atoms with van der Waals surface area (Å²) >= 11 is 1.79. The molecule has 0 aliphatic heterocycles. The minimum atomic E-state index is -0.424. The second-order valence-corrected chi connectivity index (χ2v) is 4.88. The molecule has 0 aliphatic carbocycles. The Morgan fingerprint density at radius 2 is 2.00 bits per heavy atom. The Balaban J connectivity index is 3.08. The van der Waals surface area contributed by atoms with Crippen LogP contribution in [-0.2, 0) is 9.47 Å². The van der Waals surface area contributed by atoms with Gasteiger partial charge in [-0.3, -0.25) is 0 Å². The van der Waals surface area contributed by atoms with Crippen molar-refractivity contribution in [1.29, 1.82) is 0 Å². The highest BCUT2D eigenvalue weighted by Crippen LogP contribution is 1.90. The van der Waals surface area contributed by atoms with E-state index in [9.17, 15) is 5.11 Å². The van der Waals surface area contributed by atoms with Crippen molar-refractivity contribution in [2.45, 2.75) is 25.9 Å². The molecule has 0 spiro atoms. The molecule has 4 nitrogen and oxygen atoms in total. The summed E-state index contributed by atoms with van der Waals surface area (Å²) in [5.74, 6) is 1.07. The topological polar surface area (TPSA) is 50.7 Å². The average Bonchev–Trinajstić information content (AvgIpc) is 2.33. The van der Waals surface area contributed by atoms with Crippen molar-refractivity contribution in [3.63, 3.8) is 0 Å². The minimum Gasteiger partial charge on any atom is -0.389 e. The van der Waals surface area contributed by atoms with E-state index in [1.807, 2.05) is 0 Å². The van der Waals surface area contributed by atoms with Crippen LogP contribution in [0.25, 0.3) is 0 Å². The van der Waals surface area contributed by atoms with E-state index in [1.54, 1.807) is 11.8 Å². The quantitative estimate of drug-likeness (QED) is 0.489. The second kappa shape index (κ2) is 14.3. The third-order valence-corrected chi connectivity index (χ3v) is 2.80. The molecule has 0 rings (SSSR count). The fourth-order valence-corrected chi connectivity index (χ4v) is 1.54. The molecule has 5 heteroatoms. The summed E-state index contributed by atoms with van der Waals surface area (Å²) < 4.78 is 10.7. The second-order valence-electron chi connectivity index (χ2n) is 3.89. The molecule has 17 heavy (non-hydrogen) atoms. The molecule has 0 aromatic heterocycles. The van der Waals surface area contributed by atoms with Gasteiger partial charge in [-0.1, -0.05) is 13.3 Å². The van der Waals surface area contributed by atoms with Crippen molar-refractivity contribution in [1.82, 2.24) is 5.32 Å². The Hall–Kier alpha value is 0.190. The highest BCUT2D eigenvalue weighted by Gasteiger charge is 2.02. The first-order valence-corrected chi connectivity index (χ1v) is 7.73. The van der Waals surface area contributed by atoms with Crippen molar-refractivity contribution in [3.8, 4) is 0 Å². The van der Waals surface area contributed by atoms with Crippen molar-refractivity contribution >= 4 is 11.8 Å². The fourth-order valence-electron chi connectivity index (χ4n) is 1.19. The van der Waals surface area contributed by atoms with Gasteiger partial charge in [0.05, 0.1) is 25.9 Å². The van der Waals surface area contributed by atoms with E-state index in [0.717, 1.165) is 31.7 Å². The molecule has 0 aliphatic rings. The van der Waals surface area contributed by atoms with E-state index in [0.29, 0.717) is 26.4 Å². The molecule has 0 radical (unpaired) electrons. The molecule has 2 N–H and O–H groups in total. The molecule has 0 amide bonds. The zero-order chi connectivity index (χ0) is 12.8. The van der Waals surface area contributed by atoms with E-state index < -0.39 is 6.10 Å². The third-order valence-electron chi connectivity index (χ3n) is 2.19. The smallest absolute Gasteiger partial charge is 0.0897 e. The van der Waals surface area contributed by atoms with Crippen LogP contribution < -0.4 is 5.32 Å². The Morgan fingerprint density at radius 1 is 1.24 bits per heavy atom. The number of aliphatic hydroxyl groups excluding tert-OH is 1. The van der Waals surface area contributed by atoms with Crippen LogP contribution >= 0.6 is 11.8 Å². The largest absolute Gasteiger partial charge is 0.389 e. The third kappa shape index (κ3) is 14.1. The van der Waals surface area contributed by atoms with Crippen LogP contribution in [0.5, 0.6) is 0 Å². The molecular formula is C12H27NO3S. The van der Waals surface area contributed by atoms with Gasteiger partial charge in [0.25, 0.3) is 0 Å². The first kappa shape index (κ1) is 17.2. The van der Waals surface area contributed by atoms with Gasteiger partial charge in [-0.05, 0) is 12.7 Å². The zero-order valence-electron chi connectivity index (χ0n) is 11.1. The summed E-state index contributed by atoms with van der Waals surface area (Å²) in [7, 11) is 0. The molecule has 0 bridgehead atoms. The summed E-state index contributed by atoms with van der Waals surface area (Å²) in [5.41, 5.74) is 0. The van der Waals surface area contributed by atoms with Crippen molar-refractivity contribution < 1.29 is 14.6 Å². The molecule has 0 saturated heterocycles. The monoisotopic (exact) mass is 265 g/mol. The maximum atomic E-state index is 9.55. The lowest BCUT2D eigenvalue weighted by Crippen LogP contribution is -2.32. The number of hydrogen-bond donors (Lipinski definition) is 2. The summed E-state index contributed by atoms with van der Waals surface area (Å²) in [4.78, 5) is 0. The first-order chi connectivity index (χ1) is 8.31. The lowest BCUT2D eigenvalue weighted by molar-refractivity contribution is 0.00410. The molecule has 0 aromatic rings. The van der Waals surface area contributed by atoms with Gasteiger partial charge < -0.3 is 19.9 Å². The molecule has 0 heterocycles. The lowest BCUT2D eigenvalue weighted by Gasteiger charge is -2.12. The van der Waals surface area contributed by atoms with E-state index >= 15 is 0 Å². The zero-order valence-corrected chi connectivity index (χ0v) is 11.9. The van der Waals surface area contributed by atoms with Crippen LogP contribution in [0.4, 0.5) is 0 Å². The average molecular weight is 265 g/mol. The minimum absolute atomic E-state index is 0.378. The van der Waals surface area contributed by atoms with Gasteiger partial charge in [0, 0.05) is 25.4 Å². The molecule has 0 aromatic carbocycles. The number of rotatable bonds is 13. The van der Waals surface area contributed by atoms with E-state index in [-0.39, 0.29) is 0 Å². The summed E-state index contributed by atoms with van der Waals surface area (Å²) in [6, 6.07) is 0. The van der Waals surface area contributed by atoms with Crippen molar-refractivity contribution in [3.05, 3.63) is 0 Å². The SMILES string of the molecule is CCCCOCCOCC(O)CNCCSC. The fraction of sp³-hybridized carbons (Fsp3) is 1.00. The molecule has 1 atom stereocenters. The highest BCUT2D eigenvalue weighted by atomic mass is 32.2. The van der Waals surface area contributed by atoms with Crippen LogP contribution in [-0.4, -0.2) is 62.7 Å². The number of aliphatic hydroxyl groups is 1. The Labute approximate surface area is 109 Å². The number of nitrogens with one attached hydrogen (secondary N) is 1.